The van der Waals surface area contributed by atoms with Crippen LogP contribution < -0.4 is 5.32 Å². The first-order valence-electron chi connectivity index (χ1n) is 5.32. The molecule has 0 saturated carbocycles. The number of benzene rings is 2. The second-order valence-corrected chi connectivity index (χ2v) is 4.52. The number of halogens is 2. The Kier molecular flexibility index (Phi) is 4.00. The molecule has 0 aliphatic rings. The number of nitrogens with zero attached hydrogens (tertiary/aromatic N) is 2. The van der Waals surface area contributed by atoms with Gasteiger partial charge in [0.1, 0.15) is 5.02 Å². The van der Waals surface area contributed by atoms with E-state index in [0.29, 0.717) is 11.3 Å². The summed E-state index contributed by atoms with van der Waals surface area (Å²) in [6, 6.07) is 11.5. The van der Waals surface area contributed by atoms with Crippen molar-refractivity contribution in [1.82, 2.24) is 0 Å². The van der Waals surface area contributed by atoms with Gasteiger partial charge in [0.15, 0.2) is 4.98 Å². The zero-order valence-electron chi connectivity index (χ0n) is 9.60. The van der Waals surface area contributed by atoms with Crippen molar-refractivity contribution in [3.8, 4) is 0 Å². The summed E-state index contributed by atoms with van der Waals surface area (Å²) in [5.74, 6) is -0.299. The molecule has 94 valence electrons. The molecule has 0 bridgehead atoms. The van der Waals surface area contributed by atoms with Crippen LogP contribution >= 0.6 is 23.2 Å². The lowest BCUT2D eigenvalue weighted by atomic mass is 10.2. The van der Waals surface area contributed by atoms with Crippen LogP contribution in [0.5, 0.6) is 0 Å². The van der Waals surface area contributed by atoms with Crippen molar-refractivity contribution in [1.29, 1.82) is 5.39 Å². The van der Waals surface area contributed by atoms with E-state index in [-0.39, 0.29) is 21.6 Å². The Balaban J connectivity index is 2.28. The van der Waals surface area contributed by atoms with Crippen molar-refractivity contribution >= 4 is 40.5 Å². The van der Waals surface area contributed by atoms with E-state index in [9.17, 15) is 4.79 Å². The predicted octanol–water partition coefficient (Wildman–Crippen LogP) is 4.73. The molecule has 2 aromatic rings. The number of anilines is 1. The van der Waals surface area contributed by atoms with Gasteiger partial charge in [0, 0.05) is 5.56 Å². The molecule has 0 aromatic heterocycles. The van der Waals surface area contributed by atoms with Crippen LogP contribution in [0.15, 0.2) is 42.5 Å². The van der Waals surface area contributed by atoms with Crippen LogP contribution in [0, 0.1) is 5.39 Å². The van der Waals surface area contributed by atoms with Gasteiger partial charge in [-0.25, -0.2) is 0 Å². The Morgan fingerprint density at radius 1 is 1.11 bits per heavy atom. The van der Waals surface area contributed by atoms with Gasteiger partial charge in [0.2, 0.25) is 5.39 Å². The fraction of sp³-hybridized carbons (Fsp3) is 0. The lowest BCUT2D eigenvalue weighted by Crippen LogP contribution is -2.11. The van der Waals surface area contributed by atoms with Gasteiger partial charge in [-0.1, -0.05) is 41.4 Å². The maximum absolute atomic E-state index is 11.9. The SMILES string of the molecule is N#[N+]c1cc(Cl)c(NC(=O)c2ccccc2)cc1Cl. The summed E-state index contributed by atoms with van der Waals surface area (Å²) in [6.07, 6.45) is 0. The third-order valence-corrected chi connectivity index (χ3v) is 3.04. The lowest BCUT2D eigenvalue weighted by Gasteiger charge is -2.06. The molecule has 0 saturated heterocycles. The summed E-state index contributed by atoms with van der Waals surface area (Å²) < 4.78 is 0. The number of hydrogen-bond donors (Lipinski definition) is 1. The van der Waals surface area contributed by atoms with E-state index >= 15 is 0 Å². The first-order valence-corrected chi connectivity index (χ1v) is 6.08. The molecule has 0 aliphatic heterocycles. The number of amides is 1. The average molecular weight is 293 g/mol. The number of diazo groups is 1. The van der Waals surface area contributed by atoms with Crippen molar-refractivity contribution in [3.05, 3.63) is 63.0 Å². The van der Waals surface area contributed by atoms with Gasteiger partial charge in [-0.2, -0.15) is 0 Å². The van der Waals surface area contributed by atoms with Gasteiger partial charge in [0.25, 0.3) is 5.91 Å². The highest BCUT2D eigenvalue weighted by atomic mass is 35.5. The van der Waals surface area contributed by atoms with Gasteiger partial charge in [-0.15, -0.1) is 0 Å². The molecule has 0 atom stereocenters. The van der Waals surface area contributed by atoms with E-state index in [1.807, 2.05) is 6.07 Å². The Morgan fingerprint density at radius 2 is 1.79 bits per heavy atom. The van der Waals surface area contributed by atoms with E-state index in [1.165, 1.54) is 12.1 Å². The van der Waals surface area contributed by atoms with Crippen molar-refractivity contribution in [2.45, 2.75) is 0 Å². The van der Waals surface area contributed by atoms with Gasteiger partial charge in [-0.05, 0) is 18.2 Å². The fourth-order valence-electron chi connectivity index (χ4n) is 1.49. The minimum atomic E-state index is -0.299. The van der Waals surface area contributed by atoms with Crippen molar-refractivity contribution < 1.29 is 4.79 Å². The van der Waals surface area contributed by atoms with Crippen molar-refractivity contribution in [2.75, 3.05) is 5.32 Å². The quantitative estimate of drug-likeness (QED) is 0.814. The number of rotatable bonds is 2. The Labute approximate surface area is 119 Å². The Hall–Kier alpha value is -2.09. The molecular formula is C13H8Cl2N3O+. The fourth-order valence-corrected chi connectivity index (χ4v) is 1.90. The molecule has 4 nitrogen and oxygen atoms in total. The van der Waals surface area contributed by atoms with Crippen LogP contribution in [0.1, 0.15) is 10.4 Å². The van der Waals surface area contributed by atoms with Crippen LogP contribution in [0.2, 0.25) is 10.0 Å². The van der Waals surface area contributed by atoms with E-state index in [0.717, 1.165) is 0 Å². The van der Waals surface area contributed by atoms with E-state index in [2.05, 4.69) is 10.3 Å². The number of carbonyl (C=O) groups excluding carboxylic acids is 1. The van der Waals surface area contributed by atoms with Gasteiger partial charge in [0.05, 0.1) is 16.8 Å². The summed E-state index contributed by atoms with van der Waals surface area (Å²) >= 11 is 11.8. The summed E-state index contributed by atoms with van der Waals surface area (Å²) in [4.78, 5) is 14.9. The Bertz CT molecular complexity index is 666. The van der Waals surface area contributed by atoms with E-state index in [4.69, 9.17) is 28.6 Å². The molecule has 1 N–H and O–H groups in total. The minimum absolute atomic E-state index is 0.143. The van der Waals surface area contributed by atoms with Crippen molar-refractivity contribution in [3.63, 3.8) is 0 Å². The molecule has 2 aromatic carbocycles. The highest BCUT2D eigenvalue weighted by molar-refractivity contribution is 6.37. The molecule has 2 rings (SSSR count). The average Bonchev–Trinajstić information content (AvgIpc) is 2.43. The smallest absolute Gasteiger partial charge is 0.321 e. The van der Waals surface area contributed by atoms with E-state index in [1.54, 1.807) is 24.3 Å². The summed E-state index contributed by atoms with van der Waals surface area (Å²) in [6.45, 7) is 0. The van der Waals surface area contributed by atoms with Crippen LogP contribution in [0.4, 0.5) is 11.4 Å². The first kappa shape index (κ1) is 13.3. The number of nitrogens with one attached hydrogen (secondary N) is 1. The summed E-state index contributed by atoms with van der Waals surface area (Å²) in [7, 11) is 0. The second-order valence-electron chi connectivity index (χ2n) is 3.70. The molecule has 0 heterocycles. The second kappa shape index (κ2) is 5.70. The van der Waals surface area contributed by atoms with Crippen LogP contribution in [0.3, 0.4) is 0 Å². The van der Waals surface area contributed by atoms with Gasteiger partial charge in [-0.3, -0.25) is 4.79 Å². The van der Waals surface area contributed by atoms with Crippen LogP contribution in [-0.4, -0.2) is 5.91 Å². The van der Waals surface area contributed by atoms with Crippen molar-refractivity contribution in [2.24, 2.45) is 0 Å². The third kappa shape index (κ3) is 3.02. The van der Waals surface area contributed by atoms with Crippen LogP contribution in [0.25, 0.3) is 4.98 Å². The number of hydrogen-bond acceptors (Lipinski definition) is 2. The summed E-state index contributed by atoms with van der Waals surface area (Å²) in [5.41, 5.74) is 1.00. The maximum Gasteiger partial charge on any atom is 0.405 e. The molecule has 0 radical (unpaired) electrons. The normalized spacial score (nSPS) is 9.74. The molecule has 0 fully saturated rings. The topological polar surface area (TPSA) is 57.2 Å². The predicted molar refractivity (Wildman–Crippen MR) is 75.6 cm³/mol. The van der Waals surface area contributed by atoms with Crippen LogP contribution in [-0.2, 0) is 0 Å². The highest BCUT2D eigenvalue weighted by Gasteiger charge is 2.17. The molecule has 0 unspecified atom stereocenters. The lowest BCUT2D eigenvalue weighted by molar-refractivity contribution is 0.102. The van der Waals surface area contributed by atoms with E-state index < -0.39 is 0 Å². The molecule has 19 heavy (non-hydrogen) atoms. The van der Waals surface area contributed by atoms with Gasteiger partial charge < -0.3 is 5.32 Å². The number of carbonyl (C=O) groups is 1. The minimum Gasteiger partial charge on any atom is -0.321 e. The molecule has 0 aliphatic carbocycles. The zero-order valence-corrected chi connectivity index (χ0v) is 11.1. The zero-order chi connectivity index (χ0) is 13.8. The standard InChI is InChI=1S/C13H7Cl2N3O/c14-9-7-12(18-16)10(15)6-11(9)17-13(19)8-4-2-1-3-5-8/h1-7H/p+1. The Morgan fingerprint density at radius 3 is 2.42 bits per heavy atom. The molecular weight excluding hydrogens is 285 g/mol. The van der Waals surface area contributed by atoms with Gasteiger partial charge >= 0.3 is 5.69 Å². The molecule has 0 spiro atoms. The first-order chi connectivity index (χ1) is 9.11. The molecule has 1 amide bonds. The third-order valence-electron chi connectivity index (χ3n) is 2.43. The molecule has 6 heteroatoms. The largest absolute Gasteiger partial charge is 0.405 e. The monoisotopic (exact) mass is 292 g/mol. The summed E-state index contributed by atoms with van der Waals surface area (Å²) in [5, 5.41) is 11.8. The maximum atomic E-state index is 11.9. The highest BCUT2D eigenvalue weighted by Crippen LogP contribution is 2.34.